The molecule has 2 aliphatic rings. The van der Waals surface area contributed by atoms with Gasteiger partial charge in [0.15, 0.2) is 0 Å². The van der Waals surface area contributed by atoms with Crippen molar-refractivity contribution in [1.82, 2.24) is 0 Å². The molecule has 0 aliphatic heterocycles. The van der Waals surface area contributed by atoms with Crippen molar-refractivity contribution in [3.8, 4) is 11.1 Å². The normalized spacial score (nSPS) is 23.3. The summed E-state index contributed by atoms with van der Waals surface area (Å²) in [5.41, 5.74) is 3.24. The number of aryl methyl sites for hydroxylation is 1. The number of esters is 1. The van der Waals surface area contributed by atoms with E-state index in [1.165, 1.54) is 16.9 Å². The van der Waals surface area contributed by atoms with Gasteiger partial charge in [-0.2, -0.15) is 0 Å². The number of aliphatic carboxylic acids is 1. The number of anilines is 1. The smallest absolute Gasteiger partial charge is 0.341 e. The Morgan fingerprint density at radius 1 is 1.12 bits per heavy atom. The molecule has 4 atom stereocenters. The first-order valence-electron chi connectivity index (χ1n) is 12.1. The van der Waals surface area contributed by atoms with Crippen LogP contribution in [0.25, 0.3) is 11.1 Å². The van der Waals surface area contributed by atoms with E-state index in [0.717, 1.165) is 41.7 Å². The van der Waals surface area contributed by atoms with Crippen LogP contribution in [0.15, 0.2) is 24.3 Å². The van der Waals surface area contributed by atoms with E-state index in [1.807, 2.05) is 19.1 Å². The van der Waals surface area contributed by atoms with Crippen LogP contribution in [0.3, 0.4) is 0 Å². The van der Waals surface area contributed by atoms with Gasteiger partial charge < -0.3 is 15.2 Å². The molecule has 34 heavy (non-hydrogen) atoms. The average Bonchev–Trinajstić information content (AvgIpc) is 3.47. The third-order valence-electron chi connectivity index (χ3n) is 7.19. The predicted molar refractivity (Wildman–Crippen MR) is 133 cm³/mol. The van der Waals surface area contributed by atoms with Gasteiger partial charge in [0.2, 0.25) is 5.91 Å². The quantitative estimate of drug-likeness (QED) is 0.464. The van der Waals surface area contributed by atoms with Crippen molar-refractivity contribution >= 4 is 34.2 Å². The molecule has 4 unspecified atom stereocenters. The Balaban J connectivity index is 1.67. The number of rotatable bonds is 8. The summed E-state index contributed by atoms with van der Waals surface area (Å²) in [5, 5.41) is 13.1. The Morgan fingerprint density at radius 2 is 1.76 bits per heavy atom. The Hall–Kier alpha value is -2.67. The fourth-order valence-electron chi connectivity index (χ4n) is 5.88. The maximum absolute atomic E-state index is 13.3. The highest BCUT2D eigenvalue weighted by molar-refractivity contribution is 7.17. The number of carboxylic acids is 1. The second-order valence-electron chi connectivity index (χ2n) is 9.97. The molecule has 1 amide bonds. The minimum atomic E-state index is -0.900. The van der Waals surface area contributed by atoms with Crippen molar-refractivity contribution in [1.29, 1.82) is 0 Å². The van der Waals surface area contributed by atoms with Crippen LogP contribution in [0.2, 0.25) is 0 Å². The van der Waals surface area contributed by atoms with Crippen LogP contribution in [0.5, 0.6) is 0 Å². The zero-order valence-corrected chi connectivity index (χ0v) is 21.0. The van der Waals surface area contributed by atoms with E-state index in [2.05, 4.69) is 31.3 Å². The first kappa shape index (κ1) is 24.5. The second-order valence-corrected chi connectivity index (χ2v) is 11.2. The molecule has 0 radical (unpaired) electrons. The fraction of sp³-hybridized carbons (Fsp3) is 0.519. The van der Waals surface area contributed by atoms with Crippen LogP contribution >= 0.6 is 11.3 Å². The number of thiophene rings is 1. The lowest BCUT2D eigenvalue weighted by Gasteiger charge is -2.27. The molecule has 4 rings (SSSR count). The average molecular weight is 484 g/mol. The van der Waals surface area contributed by atoms with Gasteiger partial charge in [0, 0.05) is 10.4 Å². The van der Waals surface area contributed by atoms with Gasteiger partial charge in [0.1, 0.15) is 10.6 Å². The van der Waals surface area contributed by atoms with Gasteiger partial charge in [0.25, 0.3) is 0 Å². The summed E-state index contributed by atoms with van der Waals surface area (Å²) in [6, 6.07) is 8.17. The fourth-order valence-corrected chi connectivity index (χ4v) is 6.94. The van der Waals surface area contributed by atoms with Crippen molar-refractivity contribution in [2.24, 2.45) is 29.6 Å². The van der Waals surface area contributed by atoms with Crippen LogP contribution in [0.4, 0.5) is 5.00 Å². The van der Waals surface area contributed by atoms with Crippen molar-refractivity contribution in [2.45, 2.75) is 53.4 Å². The predicted octanol–water partition coefficient (Wildman–Crippen LogP) is 5.78. The summed E-state index contributed by atoms with van der Waals surface area (Å²) in [6.07, 6.45) is 3.52. The zero-order valence-electron chi connectivity index (χ0n) is 20.2. The Labute approximate surface area is 204 Å². The monoisotopic (exact) mass is 483 g/mol. The number of carbonyl (C=O) groups is 3. The van der Waals surface area contributed by atoms with Gasteiger partial charge in [-0.1, -0.05) is 38.1 Å². The topological polar surface area (TPSA) is 92.7 Å². The van der Waals surface area contributed by atoms with Gasteiger partial charge in [-0.25, -0.2) is 4.79 Å². The van der Waals surface area contributed by atoms with Crippen molar-refractivity contribution in [3.63, 3.8) is 0 Å². The lowest BCUT2D eigenvalue weighted by molar-refractivity contribution is -0.148. The molecular weight excluding hydrogens is 450 g/mol. The Morgan fingerprint density at radius 3 is 2.35 bits per heavy atom. The van der Waals surface area contributed by atoms with Crippen molar-refractivity contribution < 1.29 is 24.2 Å². The number of hydrogen-bond acceptors (Lipinski definition) is 5. The molecule has 2 saturated carbocycles. The highest BCUT2D eigenvalue weighted by Gasteiger charge is 2.54. The molecule has 1 aromatic heterocycles. The number of amides is 1. The maximum atomic E-state index is 13.3. The molecule has 2 fully saturated rings. The molecule has 2 aliphatic carbocycles. The van der Waals surface area contributed by atoms with Crippen LogP contribution in [-0.2, 0) is 20.7 Å². The first-order chi connectivity index (χ1) is 16.2. The number of nitrogens with one attached hydrogen (secondary N) is 1. The van der Waals surface area contributed by atoms with E-state index in [4.69, 9.17) is 4.74 Å². The third kappa shape index (κ3) is 4.63. The van der Waals surface area contributed by atoms with Gasteiger partial charge in [-0.05, 0) is 68.4 Å². The van der Waals surface area contributed by atoms with Crippen molar-refractivity contribution in [3.05, 3.63) is 40.3 Å². The molecule has 7 heteroatoms. The summed E-state index contributed by atoms with van der Waals surface area (Å²) in [6.45, 7) is 8.26. The lowest BCUT2D eigenvalue weighted by atomic mass is 9.78. The van der Waals surface area contributed by atoms with Crippen LogP contribution in [0, 0.1) is 36.5 Å². The number of carboxylic acid groups (broad SMARTS) is 1. The van der Waals surface area contributed by atoms with Crippen LogP contribution in [0.1, 0.15) is 60.8 Å². The Kier molecular flexibility index (Phi) is 7.12. The third-order valence-corrected chi connectivity index (χ3v) is 8.21. The Bertz CT molecular complexity index is 1090. The molecule has 2 N–H and O–H groups in total. The molecule has 2 bridgehead atoms. The number of benzene rings is 1. The molecular formula is C27H33NO5S. The maximum Gasteiger partial charge on any atom is 0.341 e. The number of hydrogen-bond donors (Lipinski definition) is 2. The highest BCUT2D eigenvalue weighted by Crippen LogP contribution is 2.53. The summed E-state index contributed by atoms with van der Waals surface area (Å²) in [7, 11) is 0. The highest BCUT2D eigenvalue weighted by atomic mass is 32.1. The van der Waals surface area contributed by atoms with E-state index < -0.39 is 23.8 Å². The zero-order chi connectivity index (χ0) is 24.6. The van der Waals surface area contributed by atoms with Gasteiger partial charge in [0.05, 0.1) is 18.4 Å². The summed E-state index contributed by atoms with van der Waals surface area (Å²) < 4.78 is 5.36. The van der Waals surface area contributed by atoms with E-state index in [9.17, 15) is 19.5 Å². The largest absolute Gasteiger partial charge is 0.481 e. The number of fused-ring (bicyclic) bond motifs is 2. The number of carbonyl (C=O) groups excluding carboxylic acids is 2. The van der Waals surface area contributed by atoms with E-state index in [0.29, 0.717) is 16.5 Å². The summed E-state index contributed by atoms with van der Waals surface area (Å²) in [5.74, 6) is -2.20. The molecule has 0 saturated heterocycles. The molecule has 0 spiro atoms. The molecule has 1 aromatic carbocycles. The summed E-state index contributed by atoms with van der Waals surface area (Å²) in [4.78, 5) is 39.2. The molecule has 1 heterocycles. The van der Waals surface area contributed by atoms with Gasteiger partial charge >= 0.3 is 11.9 Å². The first-order valence-corrected chi connectivity index (χ1v) is 13.0. The van der Waals surface area contributed by atoms with Crippen LogP contribution in [-0.4, -0.2) is 29.6 Å². The van der Waals surface area contributed by atoms with E-state index in [-0.39, 0.29) is 24.3 Å². The molecule has 6 nitrogen and oxygen atoms in total. The standard InChI is InChI=1S/C27H33NO5S/c1-5-33-27(32)23-20(17-8-6-16(7-9-17)12-14(2)3)15(4)34-25(23)28-24(29)21-18-10-11-19(13-18)22(21)26(30)31/h6-9,14,18-19,21-22H,5,10-13H2,1-4H3,(H,28,29)(H,30,31). The minimum Gasteiger partial charge on any atom is -0.481 e. The van der Waals surface area contributed by atoms with Crippen LogP contribution < -0.4 is 5.32 Å². The minimum absolute atomic E-state index is 0.0627. The SMILES string of the molecule is CCOC(=O)c1c(NC(=O)C2C3CCC(C3)C2C(=O)O)sc(C)c1-c1ccc(CC(C)C)cc1. The van der Waals surface area contributed by atoms with E-state index >= 15 is 0 Å². The van der Waals surface area contributed by atoms with Gasteiger partial charge in [-0.3, -0.25) is 9.59 Å². The summed E-state index contributed by atoms with van der Waals surface area (Å²) >= 11 is 1.34. The molecule has 2 aromatic rings. The lowest BCUT2D eigenvalue weighted by Crippen LogP contribution is -2.37. The number of ether oxygens (including phenoxy) is 1. The van der Waals surface area contributed by atoms with E-state index in [1.54, 1.807) is 6.92 Å². The van der Waals surface area contributed by atoms with Gasteiger partial charge in [-0.15, -0.1) is 11.3 Å². The molecule has 182 valence electrons. The second kappa shape index (κ2) is 9.90. The van der Waals surface area contributed by atoms with Crippen molar-refractivity contribution in [2.75, 3.05) is 11.9 Å².